The molecule has 110 valence electrons. The zero-order valence-electron chi connectivity index (χ0n) is 11.5. The maximum absolute atomic E-state index is 11.3. The van der Waals surface area contributed by atoms with Gasteiger partial charge in [0.2, 0.25) is 5.91 Å². The number of carbonyl (C=O) groups excluding carboxylic acids is 1. The van der Waals surface area contributed by atoms with E-state index in [9.17, 15) is 4.79 Å². The van der Waals surface area contributed by atoms with E-state index in [-0.39, 0.29) is 5.91 Å². The van der Waals surface area contributed by atoms with Crippen LogP contribution in [0.3, 0.4) is 0 Å². The lowest BCUT2D eigenvalue weighted by molar-refractivity contribution is -0.120. The Morgan fingerprint density at radius 3 is 2.95 bits per heavy atom. The Hall–Kier alpha value is -1.46. The van der Waals surface area contributed by atoms with Gasteiger partial charge in [-0.05, 0) is 24.6 Å². The predicted molar refractivity (Wildman–Crippen MR) is 77.4 cm³/mol. The molecule has 2 N–H and O–H groups in total. The van der Waals surface area contributed by atoms with E-state index >= 15 is 0 Å². The van der Waals surface area contributed by atoms with Crippen LogP contribution in [0, 0.1) is 0 Å². The van der Waals surface area contributed by atoms with Gasteiger partial charge in [0.1, 0.15) is 13.2 Å². The summed E-state index contributed by atoms with van der Waals surface area (Å²) >= 11 is 6.15. The molecule has 0 saturated carbocycles. The molecule has 0 saturated heterocycles. The Morgan fingerprint density at radius 2 is 2.15 bits per heavy atom. The number of hydrogen-bond acceptors (Lipinski definition) is 4. The van der Waals surface area contributed by atoms with Crippen LogP contribution in [0.1, 0.15) is 18.9 Å². The van der Waals surface area contributed by atoms with Crippen LogP contribution in [0.15, 0.2) is 12.1 Å². The van der Waals surface area contributed by atoms with E-state index in [4.69, 9.17) is 21.1 Å². The van der Waals surface area contributed by atoms with Gasteiger partial charge in [0.25, 0.3) is 0 Å². The van der Waals surface area contributed by atoms with Gasteiger partial charge in [-0.3, -0.25) is 4.79 Å². The summed E-state index contributed by atoms with van der Waals surface area (Å²) in [5.74, 6) is 1.36. The Labute approximate surface area is 123 Å². The molecular formula is C14H19ClN2O3. The van der Waals surface area contributed by atoms with E-state index in [2.05, 4.69) is 10.6 Å². The van der Waals surface area contributed by atoms with Crippen molar-refractivity contribution in [2.24, 2.45) is 0 Å². The molecule has 0 fully saturated rings. The lowest BCUT2D eigenvalue weighted by Gasteiger charge is -2.20. The molecule has 0 aliphatic carbocycles. The number of hydrogen-bond donors (Lipinski definition) is 2. The number of ether oxygens (including phenoxy) is 2. The minimum absolute atomic E-state index is 0.0557. The van der Waals surface area contributed by atoms with Gasteiger partial charge in [0.05, 0.1) is 5.02 Å². The van der Waals surface area contributed by atoms with Gasteiger partial charge < -0.3 is 20.1 Å². The first-order valence-electron chi connectivity index (χ1n) is 6.76. The Balaban J connectivity index is 1.84. The molecule has 0 bridgehead atoms. The van der Waals surface area contributed by atoms with Crippen molar-refractivity contribution in [2.45, 2.75) is 19.9 Å². The third-order valence-corrected chi connectivity index (χ3v) is 3.17. The highest BCUT2D eigenvalue weighted by Gasteiger charge is 2.16. The number of carbonyl (C=O) groups is 1. The molecule has 0 unspecified atom stereocenters. The Bertz CT molecular complexity index is 480. The van der Waals surface area contributed by atoms with E-state index in [1.54, 1.807) is 0 Å². The highest BCUT2D eigenvalue weighted by atomic mass is 35.5. The summed E-state index contributed by atoms with van der Waals surface area (Å²) in [7, 11) is 0. The summed E-state index contributed by atoms with van der Waals surface area (Å²) in [6.07, 6.45) is 0.464. The molecule has 0 spiro atoms. The quantitative estimate of drug-likeness (QED) is 0.785. The van der Waals surface area contributed by atoms with Crippen molar-refractivity contribution < 1.29 is 14.3 Å². The van der Waals surface area contributed by atoms with Crippen molar-refractivity contribution in [1.82, 2.24) is 10.6 Å². The van der Waals surface area contributed by atoms with Gasteiger partial charge >= 0.3 is 0 Å². The average Bonchev–Trinajstić information content (AvgIpc) is 2.44. The van der Waals surface area contributed by atoms with Crippen LogP contribution in [-0.2, 0) is 11.3 Å². The summed E-state index contributed by atoms with van der Waals surface area (Å²) in [5.41, 5.74) is 1.01. The highest BCUT2D eigenvalue weighted by molar-refractivity contribution is 6.32. The standard InChI is InChI=1S/C14H19ClN2O3/c1-2-17-13(18)3-4-16-9-10-7-11(15)14-12(8-10)19-5-6-20-14/h7-8,16H,2-6,9H2,1H3,(H,17,18). The Morgan fingerprint density at radius 1 is 1.35 bits per heavy atom. The van der Waals surface area contributed by atoms with Crippen molar-refractivity contribution in [1.29, 1.82) is 0 Å². The second kappa shape index (κ2) is 7.36. The average molecular weight is 299 g/mol. The number of fused-ring (bicyclic) bond motifs is 1. The molecule has 6 heteroatoms. The zero-order valence-corrected chi connectivity index (χ0v) is 12.3. The minimum Gasteiger partial charge on any atom is -0.486 e. The van der Waals surface area contributed by atoms with Gasteiger partial charge in [-0.1, -0.05) is 11.6 Å². The summed E-state index contributed by atoms with van der Waals surface area (Å²) < 4.78 is 11.0. The zero-order chi connectivity index (χ0) is 14.4. The van der Waals surface area contributed by atoms with Gasteiger partial charge in [0.15, 0.2) is 11.5 Å². The molecule has 5 nitrogen and oxygen atoms in total. The van der Waals surface area contributed by atoms with Gasteiger partial charge in [-0.15, -0.1) is 0 Å². The van der Waals surface area contributed by atoms with Crippen LogP contribution in [0.25, 0.3) is 0 Å². The number of benzene rings is 1. The van der Waals surface area contributed by atoms with Gasteiger partial charge in [0, 0.05) is 26.1 Å². The fraction of sp³-hybridized carbons (Fsp3) is 0.500. The van der Waals surface area contributed by atoms with Gasteiger partial charge in [-0.25, -0.2) is 0 Å². The van der Waals surface area contributed by atoms with Crippen LogP contribution in [0.4, 0.5) is 0 Å². The maximum Gasteiger partial charge on any atom is 0.221 e. The van der Waals surface area contributed by atoms with Gasteiger partial charge in [-0.2, -0.15) is 0 Å². The first-order valence-corrected chi connectivity index (χ1v) is 7.14. The molecular weight excluding hydrogens is 280 g/mol. The van der Waals surface area contributed by atoms with Crippen molar-refractivity contribution in [2.75, 3.05) is 26.3 Å². The van der Waals surface area contributed by atoms with Crippen LogP contribution in [-0.4, -0.2) is 32.2 Å². The third kappa shape index (κ3) is 4.02. The number of rotatable bonds is 6. The molecule has 0 aromatic heterocycles. The van der Waals surface area contributed by atoms with E-state index in [0.717, 1.165) is 5.56 Å². The molecule has 0 atom stereocenters. The van der Waals surface area contributed by atoms with E-state index in [1.807, 2.05) is 19.1 Å². The lowest BCUT2D eigenvalue weighted by Crippen LogP contribution is -2.27. The summed E-state index contributed by atoms with van der Waals surface area (Å²) in [6, 6.07) is 3.77. The first kappa shape index (κ1) is 14.9. The van der Waals surface area contributed by atoms with E-state index < -0.39 is 0 Å². The minimum atomic E-state index is 0.0557. The summed E-state index contributed by atoms with van der Waals surface area (Å²) in [6.45, 7) is 4.89. The van der Waals surface area contributed by atoms with Crippen molar-refractivity contribution in [3.05, 3.63) is 22.7 Å². The normalized spacial score (nSPS) is 13.1. The smallest absolute Gasteiger partial charge is 0.221 e. The molecule has 2 rings (SSSR count). The second-order valence-electron chi connectivity index (χ2n) is 4.48. The number of halogens is 1. The van der Waals surface area contributed by atoms with Crippen molar-refractivity contribution >= 4 is 17.5 Å². The van der Waals surface area contributed by atoms with E-state index in [1.165, 1.54) is 0 Å². The van der Waals surface area contributed by atoms with Crippen LogP contribution in [0.2, 0.25) is 5.02 Å². The van der Waals surface area contributed by atoms with E-state index in [0.29, 0.717) is 55.8 Å². The molecule has 1 amide bonds. The fourth-order valence-corrected chi connectivity index (χ4v) is 2.27. The second-order valence-corrected chi connectivity index (χ2v) is 4.89. The molecule has 0 radical (unpaired) electrons. The topological polar surface area (TPSA) is 59.6 Å². The summed E-state index contributed by atoms with van der Waals surface area (Å²) in [4.78, 5) is 11.3. The van der Waals surface area contributed by atoms with Crippen molar-refractivity contribution in [3.63, 3.8) is 0 Å². The Kier molecular flexibility index (Phi) is 5.49. The molecule has 1 aliphatic rings. The molecule has 1 aromatic carbocycles. The van der Waals surface area contributed by atoms with Crippen LogP contribution in [0.5, 0.6) is 11.5 Å². The van der Waals surface area contributed by atoms with Crippen LogP contribution < -0.4 is 20.1 Å². The maximum atomic E-state index is 11.3. The monoisotopic (exact) mass is 298 g/mol. The van der Waals surface area contributed by atoms with Crippen molar-refractivity contribution in [3.8, 4) is 11.5 Å². The lowest BCUT2D eigenvalue weighted by atomic mass is 10.2. The largest absolute Gasteiger partial charge is 0.486 e. The molecule has 1 aliphatic heterocycles. The number of amides is 1. The number of nitrogens with one attached hydrogen (secondary N) is 2. The SMILES string of the molecule is CCNC(=O)CCNCc1cc(Cl)c2c(c1)OCCO2. The highest BCUT2D eigenvalue weighted by Crippen LogP contribution is 2.38. The summed E-state index contributed by atoms with van der Waals surface area (Å²) in [5, 5.41) is 6.52. The van der Waals surface area contributed by atoms with Crippen LogP contribution >= 0.6 is 11.6 Å². The third-order valence-electron chi connectivity index (χ3n) is 2.89. The fourth-order valence-electron chi connectivity index (χ4n) is 1.99. The predicted octanol–water partition coefficient (Wildman–Crippen LogP) is 1.73. The molecule has 20 heavy (non-hydrogen) atoms. The molecule has 1 heterocycles. The first-order chi connectivity index (χ1) is 9.70. The molecule has 1 aromatic rings.